The number of hydrogen-bond acceptors (Lipinski definition) is 3. The Kier molecular flexibility index (Phi) is 6.27. The van der Waals surface area contributed by atoms with E-state index in [2.05, 4.69) is 10.6 Å². The third-order valence-electron chi connectivity index (χ3n) is 4.31. The summed E-state index contributed by atoms with van der Waals surface area (Å²) in [4.78, 5) is 12.5. The minimum Gasteiger partial charge on any atom is -0.489 e. The van der Waals surface area contributed by atoms with Crippen LogP contribution in [0.1, 0.15) is 18.1 Å². The summed E-state index contributed by atoms with van der Waals surface area (Å²) in [6, 6.07) is 20.9. The number of carbonyl (C=O) groups excluding carboxylic acids is 1. The van der Waals surface area contributed by atoms with Gasteiger partial charge in [0.25, 0.3) is 0 Å². The van der Waals surface area contributed by atoms with Gasteiger partial charge in [0.1, 0.15) is 24.2 Å². The van der Waals surface area contributed by atoms with Gasteiger partial charge in [-0.3, -0.25) is 4.79 Å². The van der Waals surface area contributed by atoms with E-state index in [9.17, 15) is 9.18 Å². The maximum Gasteiger partial charge on any atom is 0.246 e. The molecule has 0 radical (unpaired) electrons. The molecule has 3 aromatic carbocycles. The molecule has 0 aromatic heterocycles. The van der Waals surface area contributed by atoms with E-state index in [0.717, 1.165) is 22.5 Å². The van der Waals surface area contributed by atoms with Crippen molar-refractivity contribution in [2.24, 2.45) is 0 Å². The molecule has 0 aliphatic rings. The molecule has 3 rings (SSSR count). The zero-order valence-electron chi connectivity index (χ0n) is 15.9. The van der Waals surface area contributed by atoms with Crippen LogP contribution in [0.3, 0.4) is 0 Å². The Morgan fingerprint density at radius 3 is 2.61 bits per heavy atom. The van der Waals surface area contributed by atoms with E-state index < -0.39 is 6.04 Å². The third-order valence-corrected chi connectivity index (χ3v) is 4.31. The maximum absolute atomic E-state index is 13.3. The van der Waals surface area contributed by atoms with E-state index in [4.69, 9.17) is 4.74 Å². The van der Waals surface area contributed by atoms with Crippen LogP contribution in [0.15, 0.2) is 72.8 Å². The molecule has 1 amide bonds. The van der Waals surface area contributed by atoms with Gasteiger partial charge in [-0.05, 0) is 55.3 Å². The summed E-state index contributed by atoms with van der Waals surface area (Å²) in [5, 5.41) is 6.11. The molecule has 0 heterocycles. The first-order valence-electron chi connectivity index (χ1n) is 9.11. The summed E-state index contributed by atoms with van der Waals surface area (Å²) in [5.74, 6) is 0.228. The quantitative estimate of drug-likeness (QED) is 0.598. The largest absolute Gasteiger partial charge is 0.489 e. The number of para-hydroxylation sites is 1. The topological polar surface area (TPSA) is 50.4 Å². The first kappa shape index (κ1) is 19.4. The predicted octanol–water partition coefficient (Wildman–Crippen LogP) is 5.15. The normalized spacial score (nSPS) is 11.5. The van der Waals surface area contributed by atoms with Crippen LogP contribution in [0.4, 0.5) is 15.8 Å². The predicted molar refractivity (Wildman–Crippen MR) is 110 cm³/mol. The van der Waals surface area contributed by atoms with E-state index >= 15 is 0 Å². The lowest BCUT2D eigenvalue weighted by Gasteiger charge is -2.17. The molecule has 0 bridgehead atoms. The molecule has 5 heteroatoms. The van der Waals surface area contributed by atoms with Crippen LogP contribution in [0.5, 0.6) is 5.75 Å². The van der Waals surface area contributed by atoms with Crippen LogP contribution < -0.4 is 15.4 Å². The number of hydrogen-bond donors (Lipinski definition) is 2. The Morgan fingerprint density at radius 1 is 1.04 bits per heavy atom. The highest BCUT2D eigenvalue weighted by Crippen LogP contribution is 2.20. The Bertz CT molecular complexity index is 959. The fourth-order valence-corrected chi connectivity index (χ4v) is 2.74. The van der Waals surface area contributed by atoms with Crippen LogP contribution in [-0.2, 0) is 11.4 Å². The summed E-state index contributed by atoms with van der Waals surface area (Å²) in [7, 11) is 0. The second-order valence-corrected chi connectivity index (χ2v) is 6.62. The lowest BCUT2D eigenvalue weighted by molar-refractivity contribution is -0.116. The summed E-state index contributed by atoms with van der Waals surface area (Å²) in [6.07, 6.45) is 0. The van der Waals surface area contributed by atoms with Gasteiger partial charge in [-0.2, -0.15) is 0 Å². The van der Waals surface area contributed by atoms with E-state index in [1.165, 1.54) is 12.1 Å². The van der Waals surface area contributed by atoms with Crippen molar-refractivity contribution >= 4 is 17.3 Å². The van der Waals surface area contributed by atoms with Gasteiger partial charge in [-0.15, -0.1) is 0 Å². The first-order chi connectivity index (χ1) is 13.5. The molecule has 0 aliphatic heterocycles. The highest BCUT2D eigenvalue weighted by Gasteiger charge is 2.14. The first-order valence-corrected chi connectivity index (χ1v) is 9.11. The summed E-state index contributed by atoms with van der Waals surface area (Å²) in [5.41, 5.74) is 3.33. The smallest absolute Gasteiger partial charge is 0.246 e. The van der Waals surface area contributed by atoms with Gasteiger partial charge in [0.15, 0.2) is 0 Å². The highest BCUT2D eigenvalue weighted by atomic mass is 19.1. The molecule has 1 unspecified atom stereocenters. The molecule has 1 atom stereocenters. The third kappa shape index (κ3) is 5.33. The molecule has 2 N–H and O–H groups in total. The Hall–Kier alpha value is -3.34. The Balaban J connectivity index is 1.58. The molecular weight excluding hydrogens is 355 g/mol. The molecule has 0 saturated heterocycles. The molecular formula is C23H23FN2O2. The minimum atomic E-state index is -0.432. The van der Waals surface area contributed by atoms with Crippen molar-refractivity contribution in [3.05, 3.63) is 89.7 Å². The van der Waals surface area contributed by atoms with Gasteiger partial charge in [-0.25, -0.2) is 4.39 Å². The monoisotopic (exact) mass is 378 g/mol. The molecule has 144 valence electrons. The maximum atomic E-state index is 13.3. The summed E-state index contributed by atoms with van der Waals surface area (Å²) < 4.78 is 19.0. The van der Waals surface area contributed by atoms with Crippen LogP contribution in [0, 0.1) is 12.7 Å². The molecule has 28 heavy (non-hydrogen) atoms. The fraction of sp³-hybridized carbons (Fsp3) is 0.174. The molecule has 0 saturated carbocycles. The van der Waals surface area contributed by atoms with Crippen molar-refractivity contribution in [3.63, 3.8) is 0 Å². The van der Waals surface area contributed by atoms with Gasteiger partial charge in [-0.1, -0.05) is 36.4 Å². The van der Waals surface area contributed by atoms with Crippen LogP contribution in [-0.4, -0.2) is 11.9 Å². The Morgan fingerprint density at radius 2 is 1.82 bits per heavy atom. The lowest BCUT2D eigenvalue weighted by Crippen LogP contribution is -2.32. The number of benzene rings is 3. The van der Waals surface area contributed by atoms with E-state index in [1.807, 2.05) is 61.5 Å². The number of anilines is 2. The number of aryl methyl sites for hydroxylation is 1. The Labute approximate surface area is 164 Å². The van der Waals surface area contributed by atoms with E-state index in [1.54, 1.807) is 13.0 Å². The molecule has 3 aromatic rings. The van der Waals surface area contributed by atoms with E-state index in [0.29, 0.717) is 5.75 Å². The van der Waals surface area contributed by atoms with Crippen molar-refractivity contribution in [1.82, 2.24) is 0 Å². The lowest BCUT2D eigenvalue weighted by atomic mass is 10.2. The number of ether oxygens (including phenoxy) is 1. The van der Waals surface area contributed by atoms with Gasteiger partial charge < -0.3 is 15.4 Å². The molecule has 0 spiro atoms. The van der Waals surface area contributed by atoms with Crippen molar-refractivity contribution < 1.29 is 13.9 Å². The standard InChI is InChI=1S/C23H23FN2O2/c1-16-7-3-4-12-22(16)26-23(27)17(2)25-20-10-6-11-21(14-20)28-15-18-8-5-9-19(24)13-18/h3-14,17,25H,15H2,1-2H3,(H,26,27). The number of halogens is 1. The van der Waals surface area contributed by atoms with Gasteiger partial charge in [0, 0.05) is 17.4 Å². The molecule has 4 nitrogen and oxygen atoms in total. The van der Waals surface area contributed by atoms with Crippen LogP contribution >= 0.6 is 0 Å². The minimum absolute atomic E-state index is 0.125. The average molecular weight is 378 g/mol. The zero-order valence-corrected chi connectivity index (χ0v) is 15.9. The van der Waals surface area contributed by atoms with E-state index in [-0.39, 0.29) is 18.3 Å². The van der Waals surface area contributed by atoms with Gasteiger partial charge >= 0.3 is 0 Å². The SMILES string of the molecule is Cc1ccccc1NC(=O)C(C)Nc1cccc(OCc2cccc(F)c2)c1. The average Bonchev–Trinajstić information content (AvgIpc) is 2.68. The summed E-state index contributed by atoms with van der Waals surface area (Å²) >= 11 is 0. The zero-order chi connectivity index (χ0) is 19.9. The number of amides is 1. The number of carbonyl (C=O) groups is 1. The second kappa shape index (κ2) is 9.04. The van der Waals surface area contributed by atoms with Crippen LogP contribution in [0.25, 0.3) is 0 Å². The van der Waals surface area contributed by atoms with Crippen LogP contribution in [0.2, 0.25) is 0 Å². The van der Waals surface area contributed by atoms with Crippen molar-refractivity contribution in [2.45, 2.75) is 26.5 Å². The highest BCUT2D eigenvalue weighted by molar-refractivity contribution is 5.96. The summed E-state index contributed by atoms with van der Waals surface area (Å²) in [6.45, 7) is 4.02. The van der Waals surface area contributed by atoms with Crippen molar-refractivity contribution in [2.75, 3.05) is 10.6 Å². The van der Waals surface area contributed by atoms with Gasteiger partial charge in [0.05, 0.1) is 0 Å². The number of nitrogens with one attached hydrogen (secondary N) is 2. The number of rotatable bonds is 7. The fourth-order valence-electron chi connectivity index (χ4n) is 2.74. The second-order valence-electron chi connectivity index (χ2n) is 6.62. The molecule has 0 fully saturated rings. The van der Waals surface area contributed by atoms with Crippen molar-refractivity contribution in [1.29, 1.82) is 0 Å². The molecule has 0 aliphatic carbocycles. The van der Waals surface area contributed by atoms with Gasteiger partial charge in [0.2, 0.25) is 5.91 Å². The van der Waals surface area contributed by atoms with Crippen molar-refractivity contribution in [3.8, 4) is 5.75 Å².